The molecule has 34 heavy (non-hydrogen) atoms. The van der Waals surface area contributed by atoms with Crippen LogP contribution in [0.15, 0.2) is 46.7 Å². The number of hydrogen-bond donors (Lipinski definition) is 1. The molecule has 10 nitrogen and oxygen atoms in total. The van der Waals surface area contributed by atoms with Crippen LogP contribution in [0.25, 0.3) is 11.4 Å². The number of benzene rings is 2. The van der Waals surface area contributed by atoms with E-state index in [1.165, 1.54) is 39.3 Å². The fourth-order valence-electron chi connectivity index (χ4n) is 3.15. The summed E-state index contributed by atoms with van der Waals surface area (Å²) in [6.45, 7) is 2.67. The number of carbonyl (C=O) groups is 1. The normalized spacial score (nSPS) is 10.9. The van der Waals surface area contributed by atoms with Crippen LogP contribution < -0.4 is 24.4 Å². The zero-order valence-corrected chi connectivity index (χ0v) is 20.5. The van der Waals surface area contributed by atoms with Crippen LogP contribution in [-0.4, -0.2) is 61.1 Å². The van der Waals surface area contributed by atoms with Crippen molar-refractivity contribution in [3.05, 3.63) is 42.0 Å². The minimum absolute atomic E-state index is 0.132. The van der Waals surface area contributed by atoms with Crippen molar-refractivity contribution in [3.8, 4) is 34.4 Å². The molecule has 0 fully saturated rings. The third kappa shape index (κ3) is 5.79. The summed E-state index contributed by atoms with van der Waals surface area (Å²) in [7, 11) is 6.22. The summed E-state index contributed by atoms with van der Waals surface area (Å²) in [6, 6.07) is 11.1. The van der Waals surface area contributed by atoms with Crippen LogP contribution in [0.5, 0.6) is 23.0 Å². The molecule has 0 aliphatic carbocycles. The lowest BCUT2D eigenvalue weighted by atomic mass is 10.2. The maximum absolute atomic E-state index is 12.3. The topological polar surface area (TPSA) is 109 Å². The van der Waals surface area contributed by atoms with Gasteiger partial charge in [-0.3, -0.25) is 4.79 Å². The van der Waals surface area contributed by atoms with Gasteiger partial charge in [-0.1, -0.05) is 11.8 Å². The first kappa shape index (κ1) is 24.9. The van der Waals surface area contributed by atoms with E-state index in [1.54, 1.807) is 19.2 Å². The van der Waals surface area contributed by atoms with Gasteiger partial charge in [-0.15, -0.1) is 10.2 Å². The SMILES string of the molecule is CCn1c(SCC(=O)NN=Cc2cc(OC)c(OC)c(OC)c2)nnc1-c1ccc(OC)cc1. The summed E-state index contributed by atoms with van der Waals surface area (Å²) in [5.74, 6) is 2.83. The molecule has 0 saturated carbocycles. The van der Waals surface area contributed by atoms with E-state index in [0.29, 0.717) is 34.5 Å². The zero-order chi connectivity index (χ0) is 24.5. The molecular formula is C23H27N5O5S. The molecule has 1 heterocycles. The van der Waals surface area contributed by atoms with Crippen LogP contribution >= 0.6 is 11.8 Å². The minimum atomic E-state index is -0.273. The number of nitrogens with one attached hydrogen (secondary N) is 1. The third-order valence-corrected chi connectivity index (χ3v) is 5.77. The number of aromatic nitrogens is 3. The lowest BCUT2D eigenvalue weighted by Crippen LogP contribution is -2.20. The second-order valence-electron chi connectivity index (χ2n) is 6.82. The van der Waals surface area contributed by atoms with Gasteiger partial charge in [-0.05, 0) is 43.3 Å². The maximum atomic E-state index is 12.3. The zero-order valence-electron chi connectivity index (χ0n) is 19.7. The summed E-state index contributed by atoms with van der Waals surface area (Å²) in [4.78, 5) is 12.3. The molecule has 3 rings (SSSR count). The summed E-state index contributed by atoms with van der Waals surface area (Å²) < 4.78 is 23.1. The van der Waals surface area contributed by atoms with Crippen LogP contribution in [-0.2, 0) is 11.3 Å². The Kier molecular flexibility index (Phi) is 8.74. The van der Waals surface area contributed by atoms with Crippen molar-refractivity contribution in [1.29, 1.82) is 0 Å². The second-order valence-corrected chi connectivity index (χ2v) is 7.76. The molecule has 1 N–H and O–H groups in total. The molecule has 0 saturated heterocycles. The number of carbonyl (C=O) groups excluding carboxylic acids is 1. The lowest BCUT2D eigenvalue weighted by Gasteiger charge is -2.12. The highest BCUT2D eigenvalue weighted by Crippen LogP contribution is 2.37. The van der Waals surface area contributed by atoms with E-state index in [-0.39, 0.29) is 11.7 Å². The molecule has 0 radical (unpaired) electrons. The van der Waals surface area contributed by atoms with Crippen LogP contribution in [0, 0.1) is 0 Å². The van der Waals surface area contributed by atoms with Crippen LogP contribution in [0.1, 0.15) is 12.5 Å². The molecule has 0 aliphatic rings. The van der Waals surface area contributed by atoms with Gasteiger partial charge in [-0.25, -0.2) is 5.43 Å². The first-order valence-electron chi connectivity index (χ1n) is 10.4. The van der Waals surface area contributed by atoms with Gasteiger partial charge >= 0.3 is 0 Å². The lowest BCUT2D eigenvalue weighted by molar-refractivity contribution is -0.118. The van der Waals surface area contributed by atoms with Crippen LogP contribution in [0.2, 0.25) is 0 Å². The molecular weight excluding hydrogens is 458 g/mol. The Labute approximate surface area is 202 Å². The highest BCUT2D eigenvalue weighted by atomic mass is 32.2. The number of hydrogen-bond acceptors (Lipinski definition) is 9. The van der Waals surface area contributed by atoms with E-state index >= 15 is 0 Å². The molecule has 0 unspecified atom stereocenters. The maximum Gasteiger partial charge on any atom is 0.250 e. The molecule has 0 bridgehead atoms. The van der Waals surface area contributed by atoms with Gasteiger partial charge in [0.1, 0.15) is 5.75 Å². The van der Waals surface area contributed by atoms with Crippen molar-refractivity contribution in [2.24, 2.45) is 5.10 Å². The molecule has 0 atom stereocenters. The van der Waals surface area contributed by atoms with Gasteiger partial charge in [0, 0.05) is 17.7 Å². The smallest absolute Gasteiger partial charge is 0.250 e. The third-order valence-electron chi connectivity index (χ3n) is 4.80. The van der Waals surface area contributed by atoms with Gasteiger partial charge in [0.2, 0.25) is 5.75 Å². The number of ether oxygens (including phenoxy) is 4. The molecule has 11 heteroatoms. The van der Waals surface area contributed by atoms with E-state index in [4.69, 9.17) is 18.9 Å². The number of amides is 1. The van der Waals surface area contributed by atoms with Crippen molar-refractivity contribution in [3.63, 3.8) is 0 Å². The van der Waals surface area contributed by atoms with E-state index < -0.39 is 0 Å². The Morgan fingerprint density at radius 3 is 2.26 bits per heavy atom. The Hall–Kier alpha value is -3.73. The number of methoxy groups -OCH3 is 4. The summed E-state index contributed by atoms with van der Waals surface area (Å²) >= 11 is 1.29. The van der Waals surface area contributed by atoms with Gasteiger partial charge in [0.15, 0.2) is 22.5 Å². The van der Waals surface area contributed by atoms with Gasteiger partial charge in [0.05, 0.1) is 40.4 Å². The Morgan fingerprint density at radius 2 is 1.71 bits per heavy atom. The standard InChI is InChI=1S/C23H27N5O5S/c1-6-28-22(16-7-9-17(30-2)10-8-16)26-27-23(28)34-14-20(29)25-24-13-15-11-18(31-3)21(33-5)19(12-15)32-4/h7-13H,6,14H2,1-5H3,(H,25,29). The molecule has 2 aromatic carbocycles. The second kappa shape index (κ2) is 11.9. The van der Waals surface area contributed by atoms with Gasteiger partial charge in [0.25, 0.3) is 5.91 Å². The summed E-state index contributed by atoms with van der Waals surface area (Å²) in [5.41, 5.74) is 4.12. The predicted octanol–water partition coefficient (Wildman–Crippen LogP) is 3.24. The number of nitrogens with zero attached hydrogens (tertiary/aromatic N) is 4. The van der Waals surface area contributed by atoms with Crippen molar-refractivity contribution in [2.45, 2.75) is 18.6 Å². The molecule has 1 amide bonds. The predicted molar refractivity (Wildman–Crippen MR) is 130 cm³/mol. The Balaban J connectivity index is 1.62. The number of thioether (sulfide) groups is 1. The summed E-state index contributed by atoms with van der Waals surface area (Å²) in [5, 5.41) is 13.2. The van der Waals surface area contributed by atoms with Crippen molar-refractivity contribution in [1.82, 2.24) is 20.2 Å². The number of rotatable bonds is 11. The van der Waals surface area contributed by atoms with Crippen LogP contribution in [0.4, 0.5) is 0 Å². The van der Waals surface area contributed by atoms with Crippen molar-refractivity contribution >= 4 is 23.9 Å². The van der Waals surface area contributed by atoms with E-state index in [0.717, 1.165) is 17.1 Å². The van der Waals surface area contributed by atoms with Crippen LogP contribution in [0.3, 0.4) is 0 Å². The van der Waals surface area contributed by atoms with Crippen molar-refractivity contribution < 1.29 is 23.7 Å². The molecule has 0 spiro atoms. The monoisotopic (exact) mass is 485 g/mol. The first-order chi connectivity index (χ1) is 16.5. The first-order valence-corrected chi connectivity index (χ1v) is 11.3. The molecule has 0 aliphatic heterocycles. The highest BCUT2D eigenvalue weighted by molar-refractivity contribution is 7.99. The van der Waals surface area contributed by atoms with Gasteiger partial charge < -0.3 is 23.5 Å². The van der Waals surface area contributed by atoms with E-state index in [2.05, 4.69) is 20.7 Å². The average molecular weight is 486 g/mol. The fourth-order valence-corrected chi connectivity index (χ4v) is 3.95. The molecule has 3 aromatic rings. The van der Waals surface area contributed by atoms with Gasteiger partial charge in [-0.2, -0.15) is 5.10 Å². The van der Waals surface area contributed by atoms with E-state index in [1.807, 2.05) is 35.8 Å². The fraction of sp³-hybridized carbons (Fsp3) is 0.304. The Morgan fingerprint density at radius 1 is 1.03 bits per heavy atom. The summed E-state index contributed by atoms with van der Waals surface area (Å²) in [6.07, 6.45) is 1.50. The number of hydrazone groups is 1. The quantitative estimate of drug-likeness (QED) is 0.250. The molecule has 1 aromatic heterocycles. The minimum Gasteiger partial charge on any atom is -0.497 e. The van der Waals surface area contributed by atoms with E-state index in [9.17, 15) is 4.79 Å². The average Bonchev–Trinajstić information content (AvgIpc) is 3.29. The highest BCUT2D eigenvalue weighted by Gasteiger charge is 2.15. The largest absolute Gasteiger partial charge is 0.497 e. The Bertz CT molecular complexity index is 1120. The van der Waals surface area contributed by atoms with Crippen molar-refractivity contribution in [2.75, 3.05) is 34.2 Å². The molecule has 180 valence electrons.